The number of piperidine rings is 1. The van der Waals surface area contributed by atoms with Crippen LogP contribution in [-0.2, 0) is 25.7 Å². The summed E-state index contributed by atoms with van der Waals surface area (Å²) in [6, 6.07) is 7.60. The Morgan fingerprint density at radius 2 is 1.97 bits per heavy atom. The number of nitrogens with zero attached hydrogens (tertiary/aromatic N) is 3. The average molecular weight is 522 g/mol. The number of thioether (sulfide) groups is 1. The van der Waals surface area contributed by atoms with Crippen molar-refractivity contribution in [3.63, 3.8) is 0 Å². The van der Waals surface area contributed by atoms with Crippen LogP contribution in [0.5, 0.6) is 0 Å². The Morgan fingerprint density at radius 1 is 1.23 bits per heavy atom. The average Bonchev–Trinajstić information content (AvgIpc) is 3.57. The number of esters is 1. The van der Waals surface area contributed by atoms with Gasteiger partial charge in [-0.15, -0.1) is 12.4 Å². The van der Waals surface area contributed by atoms with Gasteiger partial charge in [-0.3, -0.25) is 24.0 Å². The summed E-state index contributed by atoms with van der Waals surface area (Å²) >= 11 is 1.26. The molecule has 2 aliphatic rings. The molecular formula is C25H29ClFN3O4S. The number of halogens is 2. The predicted molar refractivity (Wildman–Crippen MR) is 135 cm³/mol. The number of rotatable bonds is 8. The lowest BCUT2D eigenvalue weighted by atomic mass is 9.93. The Bertz CT molecular complexity index is 1120. The molecule has 2 fully saturated rings. The fourth-order valence-corrected chi connectivity index (χ4v) is 5.24. The van der Waals surface area contributed by atoms with Crippen molar-refractivity contribution < 1.29 is 23.5 Å². The van der Waals surface area contributed by atoms with E-state index in [9.17, 15) is 18.8 Å². The zero-order valence-electron chi connectivity index (χ0n) is 19.7. The minimum absolute atomic E-state index is 0. The van der Waals surface area contributed by atoms with E-state index in [1.807, 2.05) is 11.0 Å². The second-order valence-corrected chi connectivity index (χ2v) is 10.1. The van der Waals surface area contributed by atoms with Crippen molar-refractivity contribution in [1.29, 1.82) is 0 Å². The lowest BCUT2D eigenvalue weighted by molar-refractivity contribution is -0.141. The van der Waals surface area contributed by atoms with Crippen molar-refractivity contribution in [3.05, 3.63) is 59.2 Å². The Balaban J connectivity index is 0.00000342. The van der Waals surface area contributed by atoms with Gasteiger partial charge in [0.1, 0.15) is 12.4 Å². The molecule has 2 heterocycles. The first-order chi connectivity index (χ1) is 16.4. The third-order valence-corrected chi connectivity index (χ3v) is 7.27. The van der Waals surface area contributed by atoms with Gasteiger partial charge in [-0.25, -0.2) is 4.39 Å². The molecule has 2 unspecified atom stereocenters. The summed E-state index contributed by atoms with van der Waals surface area (Å²) in [4.78, 5) is 38.7. The van der Waals surface area contributed by atoms with Crippen molar-refractivity contribution in [2.75, 3.05) is 20.2 Å². The van der Waals surface area contributed by atoms with Crippen LogP contribution in [0.25, 0.3) is 6.08 Å². The van der Waals surface area contributed by atoms with Crippen LogP contribution < -0.4 is 0 Å². The topological polar surface area (TPSA) is 81.5 Å². The summed E-state index contributed by atoms with van der Waals surface area (Å²) in [6.07, 6.45) is 5.94. The maximum absolute atomic E-state index is 14.8. The molecule has 1 aliphatic heterocycles. The van der Waals surface area contributed by atoms with Gasteiger partial charge >= 0.3 is 5.97 Å². The highest BCUT2D eigenvalue weighted by atomic mass is 35.5. The summed E-state index contributed by atoms with van der Waals surface area (Å²) in [5.41, 5.74) is 1.99. The van der Waals surface area contributed by atoms with Gasteiger partial charge in [0.2, 0.25) is 0 Å². The van der Waals surface area contributed by atoms with E-state index in [0.717, 1.165) is 18.4 Å². The van der Waals surface area contributed by atoms with E-state index in [0.29, 0.717) is 30.8 Å². The molecule has 0 bridgehead atoms. The van der Waals surface area contributed by atoms with Crippen LogP contribution in [0.2, 0.25) is 0 Å². The summed E-state index contributed by atoms with van der Waals surface area (Å²) in [5, 5.41) is 4.38. The first kappa shape index (κ1) is 27.1. The molecule has 188 valence electrons. The van der Waals surface area contributed by atoms with E-state index >= 15 is 0 Å². The van der Waals surface area contributed by atoms with Crippen LogP contribution in [0.1, 0.15) is 43.5 Å². The molecule has 0 radical (unpaired) electrons. The van der Waals surface area contributed by atoms with Gasteiger partial charge in [0.05, 0.1) is 18.8 Å². The number of carbonyl (C=O) groups excluding carboxylic acids is 3. The number of ether oxygens (including phenoxy) is 1. The molecule has 1 saturated heterocycles. The number of methoxy groups -OCH3 is 1. The number of hydrogen-bond donors (Lipinski definition) is 0. The number of hydrogen-bond acceptors (Lipinski definition) is 7. The minimum Gasteiger partial charge on any atom is -0.468 e. The van der Waals surface area contributed by atoms with Crippen LogP contribution in [-0.4, -0.2) is 57.0 Å². The molecule has 1 aliphatic carbocycles. The number of carbonyl (C=O) groups is 3. The van der Waals surface area contributed by atoms with Crippen LogP contribution in [0.3, 0.4) is 0 Å². The quantitative estimate of drug-likeness (QED) is 0.484. The first-order valence-electron chi connectivity index (χ1n) is 11.4. The SMILES string of the molecule is COC(=O)Cn1ccc(/C=C2\CN(C(C(=O)C3CC3)c3ccccc3F)CCC2SC(C)=O)n1.Cl. The number of likely N-dealkylation sites (tertiary alicyclic amines) is 1. The van der Waals surface area contributed by atoms with Crippen molar-refractivity contribution in [2.45, 2.75) is 44.0 Å². The molecule has 2 atom stereocenters. The first-order valence-corrected chi connectivity index (χ1v) is 12.2. The number of ketones is 1. The normalized spacial score (nSPS) is 20.2. The van der Waals surface area contributed by atoms with Gasteiger partial charge in [0.25, 0.3) is 0 Å². The molecule has 0 amide bonds. The highest BCUT2D eigenvalue weighted by molar-refractivity contribution is 8.14. The number of aromatic nitrogens is 2. The van der Waals surface area contributed by atoms with E-state index in [1.54, 1.807) is 37.4 Å². The monoisotopic (exact) mass is 521 g/mol. The fourth-order valence-electron chi connectivity index (χ4n) is 4.32. The van der Waals surface area contributed by atoms with Crippen LogP contribution in [0.15, 0.2) is 42.1 Å². The molecule has 0 N–H and O–H groups in total. The summed E-state index contributed by atoms with van der Waals surface area (Å²) < 4.78 is 21.0. The molecule has 35 heavy (non-hydrogen) atoms. The standard InChI is InChI=1S/C25H28FN3O4S.ClH/c1-16(30)34-22-10-11-28(14-18(22)13-19-9-12-29(27-19)15-23(31)33-2)24(25(32)17-7-8-17)20-5-3-4-6-21(20)26;/h3-6,9,12-13,17,22,24H,7-8,10-11,14-15H2,1-2H3;1H/b18-13+;. The lowest BCUT2D eigenvalue weighted by Crippen LogP contribution is -2.43. The smallest absolute Gasteiger partial charge is 0.327 e. The zero-order chi connectivity index (χ0) is 24.2. The molecular weight excluding hydrogens is 493 g/mol. The second kappa shape index (κ2) is 12.0. The third kappa shape index (κ3) is 6.80. The van der Waals surface area contributed by atoms with Crippen LogP contribution >= 0.6 is 24.2 Å². The molecule has 1 aromatic heterocycles. The number of benzene rings is 1. The molecule has 1 aromatic carbocycles. The van der Waals surface area contributed by atoms with Crippen molar-refractivity contribution in [2.24, 2.45) is 5.92 Å². The van der Waals surface area contributed by atoms with E-state index in [-0.39, 0.29) is 46.8 Å². The molecule has 1 saturated carbocycles. The van der Waals surface area contributed by atoms with Crippen molar-refractivity contribution in [1.82, 2.24) is 14.7 Å². The van der Waals surface area contributed by atoms with E-state index < -0.39 is 12.0 Å². The molecule has 7 nitrogen and oxygen atoms in total. The number of Topliss-reactive ketones (excluding diaryl/α,β-unsaturated/α-hetero) is 1. The molecule has 0 spiro atoms. The third-order valence-electron chi connectivity index (χ3n) is 6.11. The van der Waals surface area contributed by atoms with Gasteiger partial charge in [0, 0.05) is 42.9 Å². The summed E-state index contributed by atoms with van der Waals surface area (Å²) in [7, 11) is 1.32. The maximum Gasteiger partial charge on any atom is 0.327 e. The molecule has 4 rings (SSSR count). The van der Waals surface area contributed by atoms with E-state index in [2.05, 4.69) is 9.84 Å². The summed E-state index contributed by atoms with van der Waals surface area (Å²) in [6.45, 7) is 2.55. The lowest BCUT2D eigenvalue weighted by Gasteiger charge is -2.38. The minimum atomic E-state index is -0.655. The predicted octanol–water partition coefficient (Wildman–Crippen LogP) is 4.07. The summed E-state index contributed by atoms with van der Waals surface area (Å²) in [5.74, 6) is -0.740. The van der Waals surface area contributed by atoms with Crippen molar-refractivity contribution >= 4 is 47.1 Å². The maximum atomic E-state index is 14.8. The van der Waals surface area contributed by atoms with Gasteiger partial charge in [-0.05, 0) is 43.0 Å². The Hall–Kier alpha value is -2.49. The highest BCUT2D eigenvalue weighted by Crippen LogP contribution is 2.40. The van der Waals surface area contributed by atoms with E-state index in [4.69, 9.17) is 0 Å². The van der Waals surface area contributed by atoms with Crippen LogP contribution in [0.4, 0.5) is 4.39 Å². The van der Waals surface area contributed by atoms with Crippen LogP contribution in [0, 0.1) is 11.7 Å². The zero-order valence-corrected chi connectivity index (χ0v) is 21.3. The van der Waals surface area contributed by atoms with Gasteiger partial charge in [0.15, 0.2) is 10.9 Å². The largest absolute Gasteiger partial charge is 0.468 e. The fraction of sp³-hybridized carbons (Fsp3) is 0.440. The molecule has 10 heteroatoms. The Kier molecular flexibility index (Phi) is 9.27. The van der Waals surface area contributed by atoms with Gasteiger partial charge < -0.3 is 4.74 Å². The molecule has 2 aromatic rings. The Morgan fingerprint density at radius 3 is 2.63 bits per heavy atom. The van der Waals surface area contributed by atoms with E-state index in [1.165, 1.54) is 29.6 Å². The van der Waals surface area contributed by atoms with Crippen molar-refractivity contribution in [3.8, 4) is 0 Å². The second-order valence-electron chi connectivity index (χ2n) is 8.69. The highest BCUT2D eigenvalue weighted by Gasteiger charge is 2.41. The van der Waals surface area contributed by atoms with Gasteiger partial charge in [-0.1, -0.05) is 30.0 Å². The Labute approximate surface area is 214 Å². The van der Waals surface area contributed by atoms with Gasteiger partial charge in [-0.2, -0.15) is 5.10 Å².